The fourth-order valence-electron chi connectivity index (χ4n) is 3.04. The van der Waals surface area contributed by atoms with Crippen LogP contribution in [0.2, 0.25) is 0 Å². The van der Waals surface area contributed by atoms with E-state index in [1.807, 2.05) is 13.8 Å². The predicted molar refractivity (Wildman–Crippen MR) is 63.8 cm³/mol. The summed E-state index contributed by atoms with van der Waals surface area (Å²) in [7, 11) is 0. The topological polar surface area (TPSA) is 37.3 Å². The monoisotopic (exact) mass is 218 g/mol. The molecule has 0 unspecified atom stereocenters. The van der Waals surface area contributed by atoms with Crippen LogP contribution in [0.25, 0.3) is 0 Å². The Morgan fingerprint density at radius 3 is 2.00 bits per heavy atom. The third-order valence-electron chi connectivity index (χ3n) is 3.77. The van der Waals surface area contributed by atoms with Crippen molar-refractivity contribution in [2.24, 2.45) is 0 Å². The van der Waals surface area contributed by atoms with E-state index in [0.717, 1.165) is 36.0 Å². The molecule has 0 bridgehead atoms. The number of aliphatic carboxylic acids is 1. The highest BCUT2D eigenvalue weighted by atomic mass is 16.4. The van der Waals surface area contributed by atoms with Crippen molar-refractivity contribution in [3.8, 4) is 0 Å². The van der Waals surface area contributed by atoms with Crippen LogP contribution < -0.4 is 0 Å². The molecule has 1 aliphatic carbocycles. The zero-order valence-corrected chi connectivity index (χ0v) is 10.1. The second-order valence-corrected chi connectivity index (χ2v) is 5.01. The van der Waals surface area contributed by atoms with E-state index in [0.29, 0.717) is 0 Å². The largest absolute Gasteiger partial charge is 0.481 e. The maximum absolute atomic E-state index is 11.5. The molecule has 0 heterocycles. The van der Waals surface area contributed by atoms with Gasteiger partial charge in [-0.3, -0.25) is 4.79 Å². The van der Waals surface area contributed by atoms with Crippen LogP contribution in [0.1, 0.15) is 41.5 Å². The van der Waals surface area contributed by atoms with E-state index >= 15 is 0 Å². The number of carboxylic acids is 1. The lowest BCUT2D eigenvalue weighted by atomic mass is 9.62. The molecule has 1 aromatic rings. The first-order valence-electron chi connectivity index (χ1n) is 5.79. The van der Waals surface area contributed by atoms with Crippen molar-refractivity contribution in [1.82, 2.24) is 0 Å². The van der Waals surface area contributed by atoms with Crippen LogP contribution in [0.3, 0.4) is 0 Å². The van der Waals surface area contributed by atoms with Gasteiger partial charge in [0.15, 0.2) is 0 Å². The van der Waals surface area contributed by atoms with E-state index < -0.39 is 11.4 Å². The molecular formula is C14H18O2. The van der Waals surface area contributed by atoms with Gasteiger partial charge in [-0.2, -0.15) is 0 Å². The molecule has 1 aromatic carbocycles. The molecule has 16 heavy (non-hydrogen) atoms. The van der Waals surface area contributed by atoms with Crippen molar-refractivity contribution in [2.75, 3.05) is 0 Å². The van der Waals surface area contributed by atoms with Crippen LogP contribution in [0.5, 0.6) is 0 Å². The predicted octanol–water partition coefficient (Wildman–Crippen LogP) is 3.12. The summed E-state index contributed by atoms with van der Waals surface area (Å²) < 4.78 is 0. The number of aryl methyl sites for hydroxylation is 3. The summed E-state index contributed by atoms with van der Waals surface area (Å²) in [6.45, 7) is 6.11. The van der Waals surface area contributed by atoms with E-state index in [4.69, 9.17) is 0 Å². The van der Waals surface area contributed by atoms with Crippen molar-refractivity contribution < 1.29 is 9.90 Å². The molecule has 1 N–H and O–H groups in total. The number of hydrogen-bond donors (Lipinski definition) is 1. The number of hydrogen-bond acceptors (Lipinski definition) is 1. The number of carbonyl (C=O) groups is 1. The molecule has 2 heteroatoms. The molecule has 2 nitrogen and oxygen atoms in total. The summed E-state index contributed by atoms with van der Waals surface area (Å²) in [5.41, 5.74) is 3.91. The summed E-state index contributed by atoms with van der Waals surface area (Å²) in [4.78, 5) is 11.5. The van der Waals surface area contributed by atoms with E-state index in [-0.39, 0.29) is 0 Å². The number of rotatable bonds is 2. The van der Waals surface area contributed by atoms with Gasteiger partial charge in [-0.05, 0) is 50.3 Å². The molecule has 1 aliphatic rings. The van der Waals surface area contributed by atoms with Crippen LogP contribution in [0.15, 0.2) is 12.1 Å². The lowest BCUT2D eigenvalue weighted by molar-refractivity contribution is -0.147. The molecule has 0 aromatic heterocycles. The van der Waals surface area contributed by atoms with Crippen molar-refractivity contribution in [2.45, 2.75) is 45.4 Å². The molecule has 0 spiro atoms. The molecule has 0 saturated heterocycles. The maximum atomic E-state index is 11.5. The molecule has 0 aliphatic heterocycles. The Labute approximate surface area is 96.3 Å². The van der Waals surface area contributed by atoms with Crippen LogP contribution in [0.4, 0.5) is 0 Å². The number of benzene rings is 1. The lowest BCUT2D eigenvalue weighted by Gasteiger charge is -2.40. The fourth-order valence-corrected chi connectivity index (χ4v) is 3.04. The Bertz CT molecular complexity index is 419. The van der Waals surface area contributed by atoms with Gasteiger partial charge >= 0.3 is 5.97 Å². The van der Waals surface area contributed by atoms with Crippen molar-refractivity contribution in [3.63, 3.8) is 0 Å². The van der Waals surface area contributed by atoms with Crippen LogP contribution in [-0.2, 0) is 10.2 Å². The first kappa shape index (κ1) is 11.2. The molecule has 0 amide bonds. The second-order valence-electron chi connectivity index (χ2n) is 5.01. The van der Waals surface area contributed by atoms with Gasteiger partial charge in [0.05, 0.1) is 5.41 Å². The summed E-state index contributed by atoms with van der Waals surface area (Å²) in [6, 6.07) is 4.18. The van der Waals surface area contributed by atoms with Crippen molar-refractivity contribution in [1.29, 1.82) is 0 Å². The van der Waals surface area contributed by atoms with E-state index in [1.54, 1.807) is 0 Å². The minimum atomic E-state index is -0.659. The smallest absolute Gasteiger partial charge is 0.314 e. The lowest BCUT2D eigenvalue weighted by Crippen LogP contribution is -2.43. The van der Waals surface area contributed by atoms with Gasteiger partial charge in [-0.15, -0.1) is 0 Å². The first-order chi connectivity index (χ1) is 7.47. The van der Waals surface area contributed by atoms with Crippen LogP contribution >= 0.6 is 0 Å². The van der Waals surface area contributed by atoms with Gasteiger partial charge in [0, 0.05) is 0 Å². The van der Waals surface area contributed by atoms with Crippen molar-refractivity contribution >= 4 is 5.97 Å². The molecule has 0 atom stereocenters. The first-order valence-corrected chi connectivity index (χ1v) is 5.79. The summed E-state index contributed by atoms with van der Waals surface area (Å²) in [5, 5.41) is 9.46. The van der Waals surface area contributed by atoms with Gasteiger partial charge in [0.2, 0.25) is 0 Å². The normalized spacial score (nSPS) is 17.9. The third-order valence-corrected chi connectivity index (χ3v) is 3.77. The Hall–Kier alpha value is -1.31. The highest BCUT2D eigenvalue weighted by molar-refractivity contribution is 5.83. The highest BCUT2D eigenvalue weighted by Crippen LogP contribution is 2.46. The standard InChI is InChI=1S/C14H18O2/c1-9-7-10(2)12(11(3)8-9)14(13(15)16)5-4-6-14/h7-8H,4-6H2,1-3H3,(H,15,16). The van der Waals surface area contributed by atoms with Gasteiger partial charge < -0.3 is 5.11 Å². The Morgan fingerprint density at radius 1 is 1.19 bits per heavy atom. The second kappa shape index (κ2) is 3.62. The molecule has 86 valence electrons. The minimum absolute atomic E-state index is 0.595. The molecule has 1 saturated carbocycles. The van der Waals surface area contributed by atoms with Crippen molar-refractivity contribution in [3.05, 3.63) is 34.4 Å². The fraction of sp³-hybridized carbons (Fsp3) is 0.500. The quantitative estimate of drug-likeness (QED) is 0.828. The Morgan fingerprint density at radius 2 is 1.69 bits per heavy atom. The zero-order valence-electron chi connectivity index (χ0n) is 10.1. The number of carboxylic acid groups (broad SMARTS) is 1. The van der Waals surface area contributed by atoms with Gasteiger partial charge in [0.1, 0.15) is 0 Å². The third kappa shape index (κ3) is 1.44. The molecule has 0 radical (unpaired) electrons. The summed E-state index contributed by atoms with van der Waals surface area (Å²) >= 11 is 0. The maximum Gasteiger partial charge on any atom is 0.314 e. The van der Waals surface area contributed by atoms with Gasteiger partial charge in [-0.1, -0.05) is 24.1 Å². The SMILES string of the molecule is Cc1cc(C)c(C2(C(=O)O)CCC2)c(C)c1. The Kier molecular flexibility index (Phi) is 2.53. The Balaban J connectivity index is 2.59. The zero-order chi connectivity index (χ0) is 11.9. The van der Waals surface area contributed by atoms with E-state index in [1.165, 1.54) is 5.56 Å². The molecular weight excluding hydrogens is 200 g/mol. The van der Waals surface area contributed by atoms with Crippen LogP contribution in [0, 0.1) is 20.8 Å². The average molecular weight is 218 g/mol. The van der Waals surface area contributed by atoms with Crippen LogP contribution in [-0.4, -0.2) is 11.1 Å². The summed E-state index contributed by atoms with van der Waals surface area (Å²) in [5.74, 6) is -0.659. The molecule has 1 fully saturated rings. The van der Waals surface area contributed by atoms with E-state index in [9.17, 15) is 9.90 Å². The van der Waals surface area contributed by atoms with E-state index in [2.05, 4.69) is 19.1 Å². The average Bonchev–Trinajstić information content (AvgIpc) is 2.06. The summed E-state index contributed by atoms with van der Waals surface area (Å²) in [6.07, 6.45) is 2.60. The van der Waals surface area contributed by atoms with Gasteiger partial charge in [0.25, 0.3) is 0 Å². The highest BCUT2D eigenvalue weighted by Gasteiger charge is 2.47. The minimum Gasteiger partial charge on any atom is -0.481 e. The molecule has 2 rings (SSSR count). The van der Waals surface area contributed by atoms with Gasteiger partial charge in [-0.25, -0.2) is 0 Å².